The molecule has 2 aliphatic rings. The van der Waals surface area contributed by atoms with Gasteiger partial charge in [-0.05, 0) is 51.8 Å². The molecule has 0 radical (unpaired) electrons. The van der Waals surface area contributed by atoms with Crippen molar-refractivity contribution >= 4 is 5.71 Å². The zero-order chi connectivity index (χ0) is 21.7. The second kappa shape index (κ2) is 7.27. The van der Waals surface area contributed by atoms with E-state index in [0.29, 0.717) is 13.2 Å². The Kier molecular flexibility index (Phi) is 5.01. The van der Waals surface area contributed by atoms with E-state index in [9.17, 15) is 4.79 Å². The fourth-order valence-electron chi connectivity index (χ4n) is 4.46. The van der Waals surface area contributed by atoms with E-state index in [1.54, 1.807) is 24.9 Å². The third-order valence-corrected chi connectivity index (χ3v) is 5.71. The van der Waals surface area contributed by atoms with Gasteiger partial charge < -0.3 is 18.8 Å². The van der Waals surface area contributed by atoms with Crippen LogP contribution in [0.4, 0.5) is 0 Å². The van der Waals surface area contributed by atoms with Gasteiger partial charge in [0.15, 0.2) is 11.5 Å². The maximum atomic E-state index is 12.7. The van der Waals surface area contributed by atoms with Crippen molar-refractivity contribution in [1.82, 2.24) is 4.57 Å². The summed E-state index contributed by atoms with van der Waals surface area (Å²) in [6.07, 6.45) is 3.40. The van der Waals surface area contributed by atoms with E-state index < -0.39 is 0 Å². The number of hydrogen-bond acceptors (Lipinski definition) is 5. The third kappa shape index (κ3) is 3.65. The largest absolute Gasteiger partial charge is 0.493 e. The van der Waals surface area contributed by atoms with E-state index in [-0.39, 0.29) is 16.7 Å². The maximum absolute atomic E-state index is 12.7. The summed E-state index contributed by atoms with van der Waals surface area (Å²) >= 11 is 0. The molecule has 0 fully saturated rings. The minimum Gasteiger partial charge on any atom is -0.493 e. The Morgan fingerprint density at radius 2 is 1.93 bits per heavy atom. The number of benzene rings is 1. The van der Waals surface area contributed by atoms with Crippen LogP contribution in [0, 0.1) is 0 Å². The normalized spacial score (nSPS) is 18.3. The molecule has 160 valence electrons. The van der Waals surface area contributed by atoms with Gasteiger partial charge in [-0.25, -0.2) is 0 Å². The number of hydrogen-bond donors (Lipinski definition) is 0. The highest BCUT2D eigenvalue weighted by Crippen LogP contribution is 2.47. The summed E-state index contributed by atoms with van der Waals surface area (Å²) in [4.78, 5) is 17.8. The van der Waals surface area contributed by atoms with E-state index in [1.165, 1.54) is 5.56 Å². The predicted octanol–water partition coefficient (Wildman–Crippen LogP) is 3.39. The van der Waals surface area contributed by atoms with Crippen molar-refractivity contribution in [3.05, 3.63) is 57.0 Å². The lowest BCUT2D eigenvalue weighted by molar-refractivity contribution is 0.134. The molecule has 0 atom stereocenters. The smallest absolute Gasteiger partial charge is 0.251 e. The summed E-state index contributed by atoms with van der Waals surface area (Å²) in [6, 6.07) is 5.72. The third-order valence-electron chi connectivity index (χ3n) is 5.71. The predicted molar refractivity (Wildman–Crippen MR) is 117 cm³/mol. The van der Waals surface area contributed by atoms with E-state index in [4.69, 9.17) is 19.2 Å². The molecule has 6 nitrogen and oxygen atoms in total. The highest BCUT2D eigenvalue weighted by molar-refractivity contribution is 6.16. The molecule has 1 aromatic heterocycles. The van der Waals surface area contributed by atoms with Crippen LogP contribution in [-0.2, 0) is 24.1 Å². The maximum Gasteiger partial charge on any atom is 0.251 e. The fourth-order valence-corrected chi connectivity index (χ4v) is 4.46. The molecule has 0 amide bonds. The summed E-state index contributed by atoms with van der Waals surface area (Å²) in [7, 11) is 3.31. The van der Waals surface area contributed by atoms with Gasteiger partial charge in [0.05, 0.1) is 25.0 Å². The fraction of sp³-hybridized carbons (Fsp3) is 0.500. The van der Waals surface area contributed by atoms with Crippen LogP contribution in [-0.4, -0.2) is 42.2 Å². The van der Waals surface area contributed by atoms with Gasteiger partial charge in [-0.3, -0.25) is 9.79 Å². The summed E-state index contributed by atoms with van der Waals surface area (Å²) in [6.45, 7) is 9.43. The Morgan fingerprint density at radius 3 is 2.60 bits per heavy atom. The van der Waals surface area contributed by atoms with Crippen LogP contribution in [0.1, 0.15) is 49.9 Å². The second-order valence-corrected chi connectivity index (χ2v) is 9.35. The van der Waals surface area contributed by atoms with E-state index in [0.717, 1.165) is 46.7 Å². The molecule has 6 heteroatoms. The van der Waals surface area contributed by atoms with Gasteiger partial charge in [0.1, 0.15) is 5.60 Å². The molecular formula is C24H30N2O4. The second-order valence-electron chi connectivity index (χ2n) is 9.35. The molecule has 3 heterocycles. The number of pyridine rings is 1. The lowest BCUT2D eigenvalue weighted by atomic mass is 9.81. The van der Waals surface area contributed by atoms with Crippen LogP contribution in [0.25, 0.3) is 0 Å². The van der Waals surface area contributed by atoms with Gasteiger partial charge in [0.2, 0.25) is 0 Å². The Balaban J connectivity index is 1.89. The number of fused-ring (bicyclic) bond motifs is 3. The van der Waals surface area contributed by atoms with Crippen molar-refractivity contribution in [2.75, 3.05) is 20.8 Å². The Labute approximate surface area is 177 Å². The summed E-state index contributed by atoms with van der Waals surface area (Å²) in [5, 5.41) is 0. The average Bonchev–Trinajstić information content (AvgIpc) is 2.99. The Bertz CT molecular complexity index is 1080. The Hall–Kier alpha value is -2.60. The van der Waals surface area contributed by atoms with Gasteiger partial charge in [-0.2, -0.15) is 0 Å². The van der Waals surface area contributed by atoms with Crippen LogP contribution < -0.4 is 15.0 Å². The van der Waals surface area contributed by atoms with Crippen molar-refractivity contribution in [3.63, 3.8) is 0 Å². The van der Waals surface area contributed by atoms with Crippen molar-refractivity contribution in [1.29, 1.82) is 0 Å². The molecule has 0 spiro atoms. The number of ether oxygens (including phenoxy) is 3. The molecular weight excluding hydrogens is 380 g/mol. The number of rotatable bonds is 5. The first-order valence-electron chi connectivity index (χ1n) is 10.4. The molecule has 0 N–H and O–H groups in total. The summed E-state index contributed by atoms with van der Waals surface area (Å²) < 4.78 is 18.7. The quantitative estimate of drug-likeness (QED) is 0.758. The van der Waals surface area contributed by atoms with Crippen LogP contribution in [0.15, 0.2) is 34.2 Å². The van der Waals surface area contributed by atoms with E-state index in [2.05, 4.69) is 33.8 Å². The van der Waals surface area contributed by atoms with E-state index >= 15 is 0 Å². The van der Waals surface area contributed by atoms with E-state index in [1.807, 2.05) is 12.3 Å². The number of nitrogens with zero attached hydrogens (tertiary/aromatic N) is 2. The zero-order valence-corrected chi connectivity index (χ0v) is 18.7. The summed E-state index contributed by atoms with van der Waals surface area (Å²) in [5.74, 6) is 1.56. The van der Waals surface area contributed by atoms with Crippen molar-refractivity contribution in [3.8, 4) is 11.5 Å². The molecule has 0 saturated heterocycles. The molecule has 0 saturated carbocycles. The molecule has 0 unspecified atom stereocenters. The highest BCUT2D eigenvalue weighted by Gasteiger charge is 2.39. The molecule has 30 heavy (non-hydrogen) atoms. The molecule has 1 aromatic carbocycles. The summed E-state index contributed by atoms with van der Waals surface area (Å²) in [5.41, 5.74) is 4.44. The number of aromatic nitrogens is 1. The Morgan fingerprint density at radius 1 is 1.17 bits per heavy atom. The van der Waals surface area contributed by atoms with Gasteiger partial charge in [0, 0.05) is 49.0 Å². The van der Waals surface area contributed by atoms with Crippen LogP contribution in [0.2, 0.25) is 0 Å². The topological polar surface area (TPSA) is 62.1 Å². The molecule has 4 rings (SSSR count). The van der Waals surface area contributed by atoms with Crippen molar-refractivity contribution in [2.45, 2.75) is 58.2 Å². The van der Waals surface area contributed by atoms with Gasteiger partial charge in [0.25, 0.3) is 5.56 Å². The lowest BCUT2D eigenvalue weighted by Crippen LogP contribution is -2.31. The SMILES string of the molecule is COCCn1ccc(C2=NC(C)(C)Cc3cc(OC)c4c(c32)CC(C)(C)O4)cc1=O. The van der Waals surface area contributed by atoms with Gasteiger partial charge >= 0.3 is 0 Å². The van der Waals surface area contributed by atoms with Crippen LogP contribution >= 0.6 is 0 Å². The zero-order valence-electron chi connectivity index (χ0n) is 18.7. The molecule has 0 bridgehead atoms. The average molecular weight is 411 g/mol. The number of methoxy groups -OCH3 is 2. The standard InChI is InChI=1S/C24H30N2O4/c1-23(2)13-16-11-18(29-6)22-17(14-24(3,4)30-22)20(16)21(25-23)15-7-8-26(9-10-28-5)19(27)12-15/h7-8,11-12H,9-10,13-14H2,1-6H3. The number of aliphatic imine (C=N–C) groups is 1. The highest BCUT2D eigenvalue weighted by atomic mass is 16.5. The monoisotopic (exact) mass is 410 g/mol. The lowest BCUT2D eigenvalue weighted by Gasteiger charge is -2.31. The molecule has 2 aliphatic heterocycles. The minimum atomic E-state index is -0.313. The first-order valence-corrected chi connectivity index (χ1v) is 10.4. The minimum absolute atomic E-state index is 0.0566. The van der Waals surface area contributed by atoms with Gasteiger partial charge in [-0.1, -0.05) is 0 Å². The molecule has 2 aromatic rings. The first kappa shape index (κ1) is 20.7. The van der Waals surface area contributed by atoms with Crippen molar-refractivity contribution < 1.29 is 14.2 Å². The van der Waals surface area contributed by atoms with Crippen molar-refractivity contribution in [2.24, 2.45) is 4.99 Å². The first-order chi connectivity index (χ1) is 14.1. The van der Waals surface area contributed by atoms with Crippen LogP contribution in [0.5, 0.6) is 11.5 Å². The van der Waals surface area contributed by atoms with Gasteiger partial charge in [-0.15, -0.1) is 0 Å². The van der Waals surface area contributed by atoms with Crippen LogP contribution in [0.3, 0.4) is 0 Å². The molecule has 0 aliphatic carbocycles.